The Morgan fingerprint density at radius 3 is 2.20 bits per heavy atom. The highest BCUT2D eigenvalue weighted by Crippen LogP contribution is 2.26. The molecule has 0 bridgehead atoms. The highest BCUT2D eigenvalue weighted by atomic mass is 16.6. The fourth-order valence-corrected chi connectivity index (χ4v) is 4.36. The van der Waals surface area contributed by atoms with Gasteiger partial charge in [0.2, 0.25) is 5.91 Å². The molecule has 0 aliphatic carbocycles. The van der Waals surface area contributed by atoms with Gasteiger partial charge in [0.1, 0.15) is 5.60 Å². The molecule has 1 aliphatic rings. The lowest BCUT2D eigenvalue weighted by Crippen LogP contribution is -2.45. The van der Waals surface area contributed by atoms with Gasteiger partial charge in [0, 0.05) is 49.9 Å². The second kappa shape index (κ2) is 10.3. The molecule has 0 N–H and O–H groups in total. The van der Waals surface area contributed by atoms with Gasteiger partial charge in [0.15, 0.2) is 0 Å². The maximum atomic E-state index is 13.3. The monoisotopic (exact) mass is 474 g/mol. The molecule has 2 heterocycles. The highest BCUT2D eigenvalue weighted by Gasteiger charge is 2.31. The summed E-state index contributed by atoms with van der Waals surface area (Å²) in [7, 11) is 1.84. The summed E-state index contributed by atoms with van der Waals surface area (Å²) in [5.41, 5.74) is 3.32. The van der Waals surface area contributed by atoms with E-state index in [9.17, 15) is 9.59 Å². The molecule has 0 radical (unpaired) electrons. The van der Waals surface area contributed by atoms with Crippen LogP contribution in [0.2, 0.25) is 0 Å². The van der Waals surface area contributed by atoms with Gasteiger partial charge in [0.05, 0.1) is 11.4 Å². The third-order valence-corrected chi connectivity index (χ3v) is 6.14. The van der Waals surface area contributed by atoms with Crippen molar-refractivity contribution in [2.24, 2.45) is 5.92 Å². The Morgan fingerprint density at radius 1 is 1.00 bits per heavy atom. The van der Waals surface area contributed by atoms with Crippen molar-refractivity contribution < 1.29 is 14.3 Å². The summed E-state index contributed by atoms with van der Waals surface area (Å²) in [6, 6.07) is 20.0. The molecule has 1 aliphatic heterocycles. The Balaban J connectivity index is 1.46. The van der Waals surface area contributed by atoms with Gasteiger partial charge in [-0.2, -0.15) is 5.10 Å². The Bertz CT molecular complexity index is 1140. The third-order valence-electron chi connectivity index (χ3n) is 6.14. The van der Waals surface area contributed by atoms with Crippen LogP contribution in [0, 0.1) is 5.92 Å². The summed E-state index contributed by atoms with van der Waals surface area (Å²) in [5, 5.41) is 4.85. The number of aromatic nitrogens is 2. The maximum absolute atomic E-state index is 13.3. The number of piperidine rings is 1. The molecule has 0 atom stereocenters. The maximum Gasteiger partial charge on any atom is 0.410 e. The zero-order valence-electron chi connectivity index (χ0n) is 21.0. The summed E-state index contributed by atoms with van der Waals surface area (Å²) in [6.45, 7) is 7.10. The minimum Gasteiger partial charge on any atom is -0.444 e. The van der Waals surface area contributed by atoms with Crippen molar-refractivity contribution in [3.8, 4) is 16.9 Å². The lowest BCUT2D eigenvalue weighted by atomic mass is 9.95. The fraction of sp³-hybridized carbons (Fsp3) is 0.393. The van der Waals surface area contributed by atoms with Gasteiger partial charge in [-0.1, -0.05) is 48.5 Å². The molecular weight excluding hydrogens is 440 g/mol. The van der Waals surface area contributed by atoms with Crippen LogP contribution in [-0.2, 0) is 16.1 Å². The van der Waals surface area contributed by atoms with Gasteiger partial charge in [0.25, 0.3) is 0 Å². The molecule has 3 aromatic rings. The van der Waals surface area contributed by atoms with E-state index in [0.717, 1.165) is 22.5 Å². The van der Waals surface area contributed by atoms with Gasteiger partial charge in [-0.05, 0) is 45.7 Å². The number of rotatable bonds is 5. The molecule has 2 amide bonds. The van der Waals surface area contributed by atoms with Crippen LogP contribution < -0.4 is 0 Å². The molecule has 0 unspecified atom stereocenters. The molecule has 4 rings (SSSR count). The van der Waals surface area contributed by atoms with Gasteiger partial charge in [-0.25, -0.2) is 9.48 Å². The van der Waals surface area contributed by atoms with Crippen LogP contribution in [-0.4, -0.2) is 57.3 Å². The number of hydrogen-bond donors (Lipinski definition) is 0. The van der Waals surface area contributed by atoms with Gasteiger partial charge >= 0.3 is 6.09 Å². The van der Waals surface area contributed by atoms with Crippen molar-refractivity contribution in [2.75, 3.05) is 20.1 Å². The lowest BCUT2D eigenvalue weighted by molar-refractivity contribution is -0.136. The van der Waals surface area contributed by atoms with Crippen molar-refractivity contribution in [1.82, 2.24) is 19.6 Å². The first kappa shape index (κ1) is 24.5. The molecule has 2 aromatic carbocycles. The summed E-state index contributed by atoms with van der Waals surface area (Å²) < 4.78 is 7.35. The summed E-state index contributed by atoms with van der Waals surface area (Å²) in [5.74, 6) is -0.0108. The third kappa shape index (κ3) is 6.10. The number of para-hydroxylation sites is 1. The van der Waals surface area contributed by atoms with Crippen LogP contribution >= 0.6 is 0 Å². The summed E-state index contributed by atoms with van der Waals surface area (Å²) >= 11 is 0. The molecule has 1 fully saturated rings. The van der Waals surface area contributed by atoms with Crippen LogP contribution in [0.25, 0.3) is 16.9 Å². The molecule has 35 heavy (non-hydrogen) atoms. The van der Waals surface area contributed by atoms with Crippen LogP contribution in [0.15, 0.2) is 66.9 Å². The number of carbonyl (C=O) groups is 2. The molecule has 7 nitrogen and oxygen atoms in total. The molecule has 184 valence electrons. The van der Waals surface area contributed by atoms with Crippen LogP contribution in [0.1, 0.15) is 39.2 Å². The van der Waals surface area contributed by atoms with Crippen LogP contribution in [0.5, 0.6) is 0 Å². The van der Waals surface area contributed by atoms with E-state index in [1.165, 1.54) is 0 Å². The Labute approximate surface area is 207 Å². The van der Waals surface area contributed by atoms with Gasteiger partial charge < -0.3 is 14.5 Å². The second-order valence-corrected chi connectivity index (χ2v) is 10.1. The van der Waals surface area contributed by atoms with Crippen molar-refractivity contribution in [2.45, 2.75) is 45.8 Å². The molecule has 7 heteroatoms. The molecule has 1 saturated heterocycles. The minimum absolute atomic E-state index is 0.0975. The van der Waals surface area contributed by atoms with Crippen molar-refractivity contribution in [3.63, 3.8) is 0 Å². The number of ether oxygens (including phenoxy) is 1. The van der Waals surface area contributed by atoms with E-state index in [1.54, 1.807) is 9.80 Å². The van der Waals surface area contributed by atoms with E-state index in [2.05, 4.69) is 0 Å². The van der Waals surface area contributed by atoms with Gasteiger partial charge in [-0.3, -0.25) is 4.79 Å². The Kier molecular flexibility index (Phi) is 7.24. The van der Waals surface area contributed by atoms with Crippen LogP contribution in [0.4, 0.5) is 4.79 Å². The first-order chi connectivity index (χ1) is 16.7. The normalized spacial score (nSPS) is 14.6. The average molecular weight is 475 g/mol. The zero-order valence-corrected chi connectivity index (χ0v) is 21.0. The smallest absolute Gasteiger partial charge is 0.410 e. The molecule has 0 spiro atoms. The molecule has 0 saturated carbocycles. The van der Waals surface area contributed by atoms with Gasteiger partial charge in [-0.15, -0.1) is 0 Å². The number of nitrogens with zero attached hydrogens (tertiary/aromatic N) is 4. The first-order valence-corrected chi connectivity index (χ1v) is 12.1. The average Bonchev–Trinajstić information content (AvgIpc) is 3.27. The standard InChI is InChI=1S/C28H34N4O3/c1-28(2,3)35-27(34)31-17-15-22(16-18-31)26(33)30(4)19-23-20-32(24-13-9-6-10-14-24)29-25(23)21-11-7-5-8-12-21/h5-14,20,22H,15-19H2,1-4H3. The predicted octanol–water partition coefficient (Wildman–Crippen LogP) is 5.14. The van der Waals surface area contributed by atoms with E-state index in [1.807, 2.05) is 99.4 Å². The largest absolute Gasteiger partial charge is 0.444 e. The van der Waals surface area contributed by atoms with E-state index in [0.29, 0.717) is 32.5 Å². The first-order valence-electron chi connectivity index (χ1n) is 12.1. The molecular formula is C28H34N4O3. The van der Waals surface area contributed by atoms with E-state index < -0.39 is 5.60 Å². The molecule has 1 aromatic heterocycles. The number of carbonyl (C=O) groups excluding carboxylic acids is 2. The fourth-order valence-electron chi connectivity index (χ4n) is 4.36. The van der Waals surface area contributed by atoms with Crippen molar-refractivity contribution in [3.05, 3.63) is 72.4 Å². The minimum atomic E-state index is -0.523. The number of benzene rings is 2. The number of hydrogen-bond acceptors (Lipinski definition) is 4. The summed E-state index contributed by atoms with van der Waals surface area (Å²) in [6.07, 6.45) is 2.97. The topological polar surface area (TPSA) is 67.7 Å². The zero-order chi connectivity index (χ0) is 25.0. The Hall–Kier alpha value is -3.61. The quantitative estimate of drug-likeness (QED) is 0.513. The Morgan fingerprint density at radius 2 is 1.60 bits per heavy atom. The number of likely N-dealkylation sites (tertiary alicyclic amines) is 1. The van der Waals surface area contributed by atoms with Crippen molar-refractivity contribution >= 4 is 12.0 Å². The lowest BCUT2D eigenvalue weighted by Gasteiger charge is -2.34. The predicted molar refractivity (Wildman–Crippen MR) is 136 cm³/mol. The van der Waals surface area contributed by atoms with Crippen LogP contribution in [0.3, 0.4) is 0 Å². The second-order valence-electron chi connectivity index (χ2n) is 10.1. The van der Waals surface area contributed by atoms with E-state index in [4.69, 9.17) is 9.84 Å². The number of amides is 2. The van der Waals surface area contributed by atoms with E-state index in [-0.39, 0.29) is 17.9 Å². The van der Waals surface area contributed by atoms with E-state index >= 15 is 0 Å². The summed E-state index contributed by atoms with van der Waals surface area (Å²) in [4.78, 5) is 29.1. The van der Waals surface area contributed by atoms with Crippen molar-refractivity contribution in [1.29, 1.82) is 0 Å². The highest BCUT2D eigenvalue weighted by molar-refractivity contribution is 5.79. The SMILES string of the molecule is CN(Cc1cn(-c2ccccc2)nc1-c1ccccc1)C(=O)C1CCN(C(=O)OC(C)(C)C)CC1.